The zero-order valence-corrected chi connectivity index (χ0v) is 12.1. The Hall–Kier alpha value is -2.31. The summed E-state index contributed by atoms with van der Waals surface area (Å²) in [6.07, 6.45) is 4.30. The fourth-order valence-corrected chi connectivity index (χ4v) is 2.49. The molecule has 1 unspecified atom stereocenters. The Labute approximate surface area is 126 Å². The summed E-state index contributed by atoms with van der Waals surface area (Å²) in [7, 11) is 0. The van der Waals surface area contributed by atoms with Crippen LogP contribution in [0.15, 0.2) is 30.9 Å². The first kappa shape index (κ1) is 14.6. The summed E-state index contributed by atoms with van der Waals surface area (Å²) in [5.74, 6) is -1.76. The van der Waals surface area contributed by atoms with Gasteiger partial charge in [-0.2, -0.15) is 5.10 Å². The second-order valence-electron chi connectivity index (χ2n) is 5.75. The maximum atomic E-state index is 13.4. The molecule has 1 amide bonds. The summed E-state index contributed by atoms with van der Waals surface area (Å²) in [5.41, 5.74) is -0.164. The van der Waals surface area contributed by atoms with E-state index < -0.39 is 17.2 Å². The van der Waals surface area contributed by atoms with Crippen LogP contribution in [-0.4, -0.2) is 20.7 Å². The van der Waals surface area contributed by atoms with Crippen LogP contribution < -0.4 is 5.32 Å². The highest BCUT2D eigenvalue weighted by Gasteiger charge is 2.46. The fraction of sp³-hybridized carbons (Fsp3) is 0.400. The van der Waals surface area contributed by atoms with Gasteiger partial charge in [0.1, 0.15) is 24.3 Å². The SMILES string of the molecule is CC(Cn1cncn1)C(=O)NC1(c2cc(F)cc(F)c2)CC1. The second-order valence-corrected chi connectivity index (χ2v) is 5.75. The van der Waals surface area contributed by atoms with Crippen molar-refractivity contribution in [1.29, 1.82) is 0 Å². The molecule has 1 fully saturated rings. The molecule has 116 valence electrons. The number of carbonyl (C=O) groups excluding carboxylic acids is 1. The molecule has 1 N–H and O–H groups in total. The normalized spacial score (nSPS) is 17.0. The molecule has 1 aromatic heterocycles. The van der Waals surface area contributed by atoms with Crippen LogP contribution in [0.25, 0.3) is 0 Å². The van der Waals surface area contributed by atoms with Crippen LogP contribution in [0.2, 0.25) is 0 Å². The average Bonchev–Trinajstić information content (AvgIpc) is 3.05. The van der Waals surface area contributed by atoms with Gasteiger partial charge in [-0.3, -0.25) is 9.48 Å². The lowest BCUT2D eigenvalue weighted by Crippen LogP contribution is -2.39. The predicted octanol–water partition coefficient (Wildman–Crippen LogP) is 2.00. The molecule has 0 spiro atoms. The van der Waals surface area contributed by atoms with Gasteiger partial charge in [0, 0.05) is 6.07 Å². The minimum absolute atomic E-state index is 0.169. The summed E-state index contributed by atoms with van der Waals surface area (Å²) >= 11 is 0. The number of halogens is 2. The number of hydrogen-bond acceptors (Lipinski definition) is 3. The van der Waals surface area contributed by atoms with Crippen molar-refractivity contribution in [2.24, 2.45) is 5.92 Å². The van der Waals surface area contributed by atoms with Crippen LogP contribution in [0.5, 0.6) is 0 Å². The highest BCUT2D eigenvalue weighted by Crippen LogP contribution is 2.46. The Morgan fingerprint density at radius 1 is 1.36 bits per heavy atom. The quantitative estimate of drug-likeness (QED) is 0.919. The average molecular weight is 306 g/mol. The number of nitrogens with one attached hydrogen (secondary N) is 1. The van der Waals surface area contributed by atoms with Gasteiger partial charge in [-0.25, -0.2) is 13.8 Å². The molecule has 0 radical (unpaired) electrons. The molecule has 0 aliphatic heterocycles. The van der Waals surface area contributed by atoms with Gasteiger partial charge in [-0.15, -0.1) is 0 Å². The van der Waals surface area contributed by atoms with Crippen molar-refractivity contribution in [3.05, 3.63) is 48.1 Å². The first-order chi connectivity index (χ1) is 10.5. The molecule has 1 atom stereocenters. The Kier molecular flexibility index (Phi) is 3.64. The van der Waals surface area contributed by atoms with E-state index in [-0.39, 0.29) is 11.8 Å². The molecular formula is C15H16F2N4O. The van der Waals surface area contributed by atoms with E-state index in [0.717, 1.165) is 6.07 Å². The predicted molar refractivity (Wildman–Crippen MR) is 74.6 cm³/mol. The highest BCUT2D eigenvalue weighted by molar-refractivity contribution is 5.79. The molecule has 1 aromatic carbocycles. The van der Waals surface area contributed by atoms with Gasteiger partial charge < -0.3 is 5.32 Å². The van der Waals surface area contributed by atoms with Crippen molar-refractivity contribution in [3.63, 3.8) is 0 Å². The molecular weight excluding hydrogens is 290 g/mol. The molecule has 3 rings (SSSR count). The highest BCUT2D eigenvalue weighted by atomic mass is 19.1. The van der Waals surface area contributed by atoms with Crippen LogP contribution in [0.1, 0.15) is 25.3 Å². The van der Waals surface area contributed by atoms with E-state index in [2.05, 4.69) is 15.4 Å². The molecule has 1 heterocycles. The zero-order valence-electron chi connectivity index (χ0n) is 12.1. The second kappa shape index (κ2) is 5.47. The summed E-state index contributed by atoms with van der Waals surface area (Å²) in [4.78, 5) is 16.1. The minimum Gasteiger partial charge on any atom is -0.346 e. The largest absolute Gasteiger partial charge is 0.346 e. The monoisotopic (exact) mass is 306 g/mol. The van der Waals surface area contributed by atoms with Crippen LogP contribution >= 0.6 is 0 Å². The van der Waals surface area contributed by atoms with Crippen molar-refractivity contribution in [2.45, 2.75) is 31.8 Å². The molecule has 2 aromatic rings. The van der Waals surface area contributed by atoms with Crippen LogP contribution in [0.4, 0.5) is 8.78 Å². The van der Waals surface area contributed by atoms with E-state index in [0.29, 0.717) is 24.9 Å². The lowest BCUT2D eigenvalue weighted by atomic mass is 10.0. The Balaban J connectivity index is 1.70. The van der Waals surface area contributed by atoms with Gasteiger partial charge in [0.25, 0.3) is 0 Å². The Morgan fingerprint density at radius 2 is 2.05 bits per heavy atom. The molecule has 0 bridgehead atoms. The van der Waals surface area contributed by atoms with Crippen molar-refractivity contribution >= 4 is 5.91 Å². The van der Waals surface area contributed by atoms with Crippen molar-refractivity contribution in [2.75, 3.05) is 0 Å². The number of carbonyl (C=O) groups is 1. The number of benzene rings is 1. The molecule has 22 heavy (non-hydrogen) atoms. The minimum atomic E-state index is -0.642. The zero-order chi connectivity index (χ0) is 15.7. The van der Waals surface area contributed by atoms with E-state index in [1.807, 2.05) is 0 Å². The lowest BCUT2D eigenvalue weighted by molar-refractivity contribution is -0.126. The summed E-state index contributed by atoms with van der Waals surface area (Å²) in [6, 6.07) is 3.38. The van der Waals surface area contributed by atoms with Gasteiger partial charge >= 0.3 is 0 Å². The maximum Gasteiger partial charge on any atom is 0.225 e. The fourth-order valence-electron chi connectivity index (χ4n) is 2.49. The molecule has 1 aliphatic carbocycles. The lowest BCUT2D eigenvalue weighted by Gasteiger charge is -2.21. The van der Waals surface area contributed by atoms with Crippen LogP contribution in [0.3, 0.4) is 0 Å². The number of rotatable bonds is 5. The first-order valence-corrected chi connectivity index (χ1v) is 7.09. The van der Waals surface area contributed by atoms with Crippen molar-refractivity contribution in [1.82, 2.24) is 20.1 Å². The van der Waals surface area contributed by atoms with Crippen molar-refractivity contribution in [3.8, 4) is 0 Å². The first-order valence-electron chi connectivity index (χ1n) is 7.09. The van der Waals surface area contributed by atoms with E-state index in [1.165, 1.54) is 18.5 Å². The molecule has 5 nitrogen and oxygen atoms in total. The number of nitrogens with zero attached hydrogens (tertiary/aromatic N) is 3. The third-order valence-electron chi connectivity index (χ3n) is 3.90. The summed E-state index contributed by atoms with van der Waals surface area (Å²) in [6.45, 7) is 2.18. The third kappa shape index (κ3) is 2.98. The van der Waals surface area contributed by atoms with Crippen molar-refractivity contribution < 1.29 is 13.6 Å². The summed E-state index contributed by atoms with van der Waals surface area (Å²) < 4.78 is 28.3. The van der Waals surface area contributed by atoms with Crippen LogP contribution in [-0.2, 0) is 16.9 Å². The number of aromatic nitrogens is 3. The van der Waals surface area contributed by atoms with E-state index >= 15 is 0 Å². The van der Waals surface area contributed by atoms with Gasteiger partial charge in [-0.1, -0.05) is 6.92 Å². The number of hydrogen-bond donors (Lipinski definition) is 1. The standard InChI is InChI=1S/C15H16F2N4O/c1-10(7-21-9-18-8-19-21)14(22)20-15(2-3-15)11-4-12(16)6-13(17)5-11/h4-6,8-10H,2-3,7H2,1H3,(H,20,22). The third-order valence-corrected chi connectivity index (χ3v) is 3.90. The van der Waals surface area contributed by atoms with E-state index in [1.54, 1.807) is 17.9 Å². The molecule has 0 saturated heterocycles. The Bertz CT molecular complexity index is 663. The molecule has 1 aliphatic rings. The van der Waals surface area contributed by atoms with Gasteiger partial charge in [0.15, 0.2) is 0 Å². The smallest absolute Gasteiger partial charge is 0.225 e. The van der Waals surface area contributed by atoms with Crippen LogP contribution in [0, 0.1) is 17.6 Å². The summed E-state index contributed by atoms with van der Waals surface area (Å²) in [5, 5.41) is 6.87. The van der Waals surface area contributed by atoms with Gasteiger partial charge in [0.05, 0.1) is 18.0 Å². The maximum absolute atomic E-state index is 13.4. The van der Waals surface area contributed by atoms with Gasteiger partial charge in [-0.05, 0) is 30.5 Å². The molecule has 7 heteroatoms. The number of amides is 1. The molecule has 1 saturated carbocycles. The topological polar surface area (TPSA) is 59.8 Å². The van der Waals surface area contributed by atoms with E-state index in [9.17, 15) is 13.6 Å². The Morgan fingerprint density at radius 3 is 2.59 bits per heavy atom. The van der Waals surface area contributed by atoms with Gasteiger partial charge in [0.2, 0.25) is 5.91 Å². The van der Waals surface area contributed by atoms with E-state index in [4.69, 9.17) is 0 Å².